The Morgan fingerprint density at radius 1 is 1.04 bits per heavy atom. The molecule has 2 aromatic carbocycles. The molecule has 4 rings (SSSR count). The number of hydrogen-bond donors (Lipinski definition) is 1. The fourth-order valence-electron chi connectivity index (χ4n) is 3.39. The summed E-state index contributed by atoms with van der Waals surface area (Å²) >= 11 is 0. The highest BCUT2D eigenvalue weighted by Gasteiger charge is 2.24. The van der Waals surface area contributed by atoms with Crippen LogP contribution in [0.4, 0.5) is 10.2 Å². The number of anilines is 1. The van der Waals surface area contributed by atoms with E-state index < -0.39 is 0 Å². The van der Waals surface area contributed by atoms with Crippen LogP contribution in [0.15, 0.2) is 60.9 Å². The van der Waals surface area contributed by atoms with Gasteiger partial charge in [0.15, 0.2) is 0 Å². The van der Waals surface area contributed by atoms with Gasteiger partial charge < -0.3 is 5.32 Å². The third-order valence-electron chi connectivity index (χ3n) is 5.19. The van der Waals surface area contributed by atoms with Crippen LogP contribution in [0.1, 0.15) is 39.2 Å². The second-order valence-corrected chi connectivity index (χ2v) is 8.50. The number of rotatable bonds is 4. The molecule has 27 heavy (non-hydrogen) atoms. The van der Waals surface area contributed by atoms with Crippen LogP contribution in [-0.4, -0.2) is 4.98 Å². The van der Waals surface area contributed by atoms with Gasteiger partial charge in [-0.05, 0) is 64.5 Å². The SMILES string of the molecule is C=C(Nc1cc2ccc(-c3ccc(C(C)(C)C)c(F)c3)cc2cn1)C1CC1. The molecule has 138 valence electrons. The molecule has 0 amide bonds. The Hall–Kier alpha value is -2.68. The Balaban J connectivity index is 1.63. The maximum atomic E-state index is 14.6. The van der Waals surface area contributed by atoms with Gasteiger partial charge in [-0.25, -0.2) is 9.37 Å². The van der Waals surface area contributed by atoms with E-state index in [1.54, 1.807) is 6.07 Å². The Morgan fingerprint density at radius 3 is 2.41 bits per heavy atom. The summed E-state index contributed by atoms with van der Waals surface area (Å²) in [5.41, 5.74) is 3.45. The van der Waals surface area contributed by atoms with Crippen LogP contribution in [0, 0.1) is 11.7 Å². The van der Waals surface area contributed by atoms with E-state index in [0.717, 1.165) is 39.0 Å². The third kappa shape index (κ3) is 3.73. The van der Waals surface area contributed by atoms with Crippen molar-refractivity contribution in [2.24, 2.45) is 5.92 Å². The van der Waals surface area contributed by atoms with Crippen LogP contribution in [0.2, 0.25) is 0 Å². The highest BCUT2D eigenvalue weighted by Crippen LogP contribution is 2.36. The molecule has 0 radical (unpaired) electrons. The Kier molecular flexibility index (Phi) is 4.26. The third-order valence-corrected chi connectivity index (χ3v) is 5.19. The first-order valence-electron chi connectivity index (χ1n) is 9.47. The van der Waals surface area contributed by atoms with Crippen molar-refractivity contribution in [1.29, 1.82) is 0 Å². The zero-order valence-electron chi connectivity index (χ0n) is 16.1. The summed E-state index contributed by atoms with van der Waals surface area (Å²) in [6.07, 6.45) is 4.29. The molecule has 3 aromatic rings. The molecule has 1 aromatic heterocycles. The van der Waals surface area contributed by atoms with E-state index in [0.29, 0.717) is 5.92 Å². The van der Waals surface area contributed by atoms with Crippen LogP contribution >= 0.6 is 0 Å². The van der Waals surface area contributed by atoms with Crippen molar-refractivity contribution in [2.75, 3.05) is 5.32 Å². The lowest BCUT2D eigenvalue weighted by Gasteiger charge is -2.20. The molecule has 1 aliphatic rings. The number of aromatic nitrogens is 1. The maximum Gasteiger partial charge on any atom is 0.130 e. The van der Waals surface area contributed by atoms with Crippen molar-refractivity contribution in [3.8, 4) is 11.1 Å². The minimum absolute atomic E-state index is 0.156. The van der Waals surface area contributed by atoms with Gasteiger partial charge in [0, 0.05) is 17.3 Å². The van der Waals surface area contributed by atoms with E-state index in [1.165, 1.54) is 12.8 Å². The van der Waals surface area contributed by atoms with Crippen molar-refractivity contribution in [3.05, 3.63) is 72.3 Å². The highest BCUT2D eigenvalue weighted by atomic mass is 19.1. The van der Waals surface area contributed by atoms with Crippen molar-refractivity contribution in [1.82, 2.24) is 4.98 Å². The molecule has 0 saturated heterocycles. The zero-order valence-corrected chi connectivity index (χ0v) is 16.1. The molecule has 2 nitrogen and oxygen atoms in total. The van der Waals surface area contributed by atoms with E-state index in [2.05, 4.69) is 29.0 Å². The number of hydrogen-bond acceptors (Lipinski definition) is 2. The molecule has 0 atom stereocenters. The standard InChI is InChI=1S/C24H25FN2/c1-15(16-5-6-16)27-23-13-19-8-7-17(11-20(19)14-26-23)18-9-10-21(22(25)12-18)24(2,3)4/h7-14,16H,1,5-6H2,2-4H3,(H,26,27). The zero-order chi connectivity index (χ0) is 19.2. The van der Waals surface area contributed by atoms with Crippen LogP contribution in [0.3, 0.4) is 0 Å². The lowest BCUT2D eigenvalue weighted by molar-refractivity contribution is 0.523. The van der Waals surface area contributed by atoms with Gasteiger partial charge in [-0.15, -0.1) is 0 Å². The van der Waals surface area contributed by atoms with Gasteiger partial charge in [0.1, 0.15) is 11.6 Å². The van der Waals surface area contributed by atoms with Gasteiger partial charge in [-0.1, -0.05) is 51.6 Å². The predicted octanol–water partition coefficient (Wildman–Crippen LogP) is 6.67. The van der Waals surface area contributed by atoms with Crippen molar-refractivity contribution in [2.45, 2.75) is 39.0 Å². The maximum absolute atomic E-state index is 14.6. The summed E-state index contributed by atoms with van der Waals surface area (Å²) in [5, 5.41) is 5.46. The highest BCUT2D eigenvalue weighted by molar-refractivity contribution is 5.88. The minimum atomic E-state index is -0.205. The molecule has 3 heteroatoms. The average Bonchev–Trinajstić information content (AvgIpc) is 3.45. The van der Waals surface area contributed by atoms with Crippen molar-refractivity contribution < 1.29 is 4.39 Å². The van der Waals surface area contributed by atoms with Gasteiger partial charge >= 0.3 is 0 Å². The van der Waals surface area contributed by atoms with E-state index >= 15 is 0 Å². The number of fused-ring (bicyclic) bond motifs is 1. The molecule has 0 bridgehead atoms. The first kappa shape index (κ1) is 17.7. The largest absolute Gasteiger partial charge is 0.344 e. The lowest BCUT2D eigenvalue weighted by atomic mass is 9.85. The molecular formula is C24H25FN2. The fourth-order valence-corrected chi connectivity index (χ4v) is 3.39. The van der Waals surface area contributed by atoms with Crippen molar-refractivity contribution in [3.63, 3.8) is 0 Å². The molecule has 0 unspecified atom stereocenters. The molecular weight excluding hydrogens is 335 g/mol. The summed E-state index contributed by atoms with van der Waals surface area (Å²) in [6.45, 7) is 10.2. The molecule has 1 heterocycles. The number of halogens is 1. The van der Waals surface area contributed by atoms with Crippen LogP contribution in [0.5, 0.6) is 0 Å². The second kappa shape index (κ2) is 6.49. The van der Waals surface area contributed by atoms with Gasteiger partial charge in [0.2, 0.25) is 0 Å². The van der Waals surface area contributed by atoms with E-state index in [9.17, 15) is 4.39 Å². The van der Waals surface area contributed by atoms with Gasteiger partial charge in [0.25, 0.3) is 0 Å². The summed E-state index contributed by atoms with van der Waals surface area (Å²) in [6, 6.07) is 13.7. The van der Waals surface area contributed by atoms with E-state index in [1.807, 2.05) is 51.2 Å². The number of nitrogens with one attached hydrogen (secondary N) is 1. The first-order chi connectivity index (χ1) is 12.8. The van der Waals surface area contributed by atoms with Gasteiger partial charge in [-0.3, -0.25) is 0 Å². The van der Waals surface area contributed by atoms with E-state index in [-0.39, 0.29) is 11.2 Å². The molecule has 0 spiro atoms. The molecule has 1 saturated carbocycles. The van der Waals surface area contributed by atoms with Crippen molar-refractivity contribution >= 4 is 16.6 Å². The van der Waals surface area contributed by atoms with E-state index in [4.69, 9.17) is 0 Å². The number of pyridine rings is 1. The molecule has 1 N–H and O–H groups in total. The Bertz CT molecular complexity index is 1030. The Labute approximate surface area is 160 Å². The average molecular weight is 360 g/mol. The smallest absolute Gasteiger partial charge is 0.130 e. The summed E-state index contributed by atoms with van der Waals surface area (Å²) in [4.78, 5) is 4.51. The summed E-state index contributed by atoms with van der Waals surface area (Å²) in [5.74, 6) is 1.26. The van der Waals surface area contributed by atoms with Crippen LogP contribution < -0.4 is 5.32 Å². The lowest BCUT2D eigenvalue weighted by Crippen LogP contribution is -2.13. The quantitative estimate of drug-likeness (QED) is 0.562. The van der Waals surface area contributed by atoms with Crippen LogP contribution in [0.25, 0.3) is 21.9 Å². The molecule has 1 fully saturated rings. The summed E-state index contributed by atoms with van der Waals surface area (Å²) < 4.78 is 14.6. The minimum Gasteiger partial charge on any atom is -0.344 e. The Morgan fingerprint density at radius 2 is 1.74 bits per heavy atom. The van der Waals surface area contributed by atoms with Gasteiger partial charge in [0.05, 0.1) is 0 Å². The van der Waals surface area contributed by atoms with Gasteiger partial charge in [-0.2, -0.15) is 0 Å². The first-order valence-corrected chi connectivity index (χ1v) is 9.47. The predicted molar refractivity (Wildman–Crippen MR) is 111 cm³/mol. The second-order valence-electron chi connectivity index (χ2n) is 8.50. The molecule has 1 aliphatic carbocycles. The summed E-state index contributed by atoms with van der Waals surface area (Å²) in [7, 11) is 0. The topological polar surface area (TPSA) is 24.9 Å². The molecule has 0 aliphatic heterocycles. The normalized spacial score (nSPS) is 14.4. The fraction of sp³-hybridized carbons (Fsp3) is 0.292. The number of nitrogens with zero attached hydrogens (tertiary/aromatic N) is 1. The van der Waals surface area contributed by atoms with Crippen LogP contribution in [-0.2, 0) is 5.41 Å². The number of allylic oxidation sites excluding steroid dienone is 1. The number of benzene rings is 2. The monoisotopic (exact) mass is 360 g/mol.